The molecular weight excluding hydrogens is 505 g/mol. The van der Waals surface area contributed by atoms with Crippen molar-refractivity contribution in [2.24, 2.45) is 0 Å². The van der Waals surface area contributed by atoms with E-state index in [1.54, 1.807) is 24.4 Å². The Morgan fingerprint density at radius 3 is 2.47 bits per heavy atom. The zero-order valence-electron chi connectivity index (χ0n) is 19.4. The summed E-state index contributed by atoms with van der Waals surface area (Å²) in [6.07, 6.45) is -2.49. The SMILES string of the molecule is O=C(NCCc1c[nH]cn1)C(O)c1ccc(-c2noc(-c3onc(-c4ccccc4)c3C(F)(F)F)n2)cc1. The molecule has 38 heavy (non-hydrogen) atoms. The third kappa shape index (κ3) is 5.18. The number of hydrogen-bond acceptors (Lipinski definition) is 8. The van der Waals surface area contributed by atoms with E-state index in [0.717, 1.165) is 5.69 Å². The van der Waals surface area contributed by atoms with Crippen molar-refractivity contribution < 1.29 is 32.1 Å². The number of benzene rings is 2. The van der Waals surface area contributed by atoms with Crippen LogP contribution in [-0.2, 0) is 17.4 Å². The normalized spacial score (nSPS) is 12.4. The molecular formula is C25H19F3N6O4. The Kier molecular flexibility index (Phi) is 6.75. The van der Waals surface area contributed by atoms with Crippen LogP contribution in [0.5, 0.6) is 0 Å². The van der Waals surface area contributed by atoms with Gasteiger partial charge in [0.25, 0.3) is 11.8 Å². The van der Waals surface area contributed by atoms with E-state index in [-0.39, 0.29) is 17.9 Å². The topological polar surface area (TPSA) is 143 Å². The first kappa shape index (κ1) is 24.9. The van der Waals surface area contributed by atoms with Gasteiger partial charge in [-0.2, -0.15) is 18.2 Å². The summed E-state index contributed by atoms with van der Waals surface area (Å²) >= 11 is 0. The summed E-state index contributed by atoms with van der Waals surface area (Å²) in [5, 5.41) is 20.3. The molecule has 0 saturated carbocycles. The summed E-state index contributed by atoms with van der Waals surface area (Å²) < 4.78 is 51.8. The van der Waals surface area contributed by atoms with Crippen LogP contribution in [0.4, 0.5) is 13.2 Å². The Hall–Kier alpha value is -4.78. The number of carbonyl (C=O) groups excluding carboxylic acids is 1. The van der Waals surface area contributed by atoms with E-state index in [9.17, 15) is 23.1 Å². The Labute approximate surface area is 212 Å². The number of aliphatic hydroxyl groups is 1. The molecule has 5 rings (SSSR count). The lowest BCUT2D eigenvalue weighted by atomic mass is 10.1. The molecule has 0 spiro atoms. The second-order valence-corrected chi connectivity index (χ2v) is 8.15. The summed E-state index contributed by atoms with van der Waals surface area (Å²) in [6.45, 7) is 0.290. The molecule has 1 atom stereocenters. The van der Waals surface area contributed by atoms with Gasteiger partial charge < -0.3 is 24.5 Å². The maximum absolute atomic E-state index is 13.9. The molecule has 13 heteroatoms. The third-order valence-electron chi connectivity index (χ3n) is 5.61. The van der Waals surface area contributed by atoms with Crippen LogP contribution in [0.1, 0.15) is 22.9 Å². The van der Waals surface area contributed by atoms with Crippen LogP contribution in [0.15, 0.2) is 76.2 Å². The summed E-state index contributed by atoms with van der Waals surface area (Å²) in [4.78, 5) is 23.2. The highest BCUT2D eigenvalue weighted by molar-refractivity contribution is 5.82. The molecule has 1 unspecified atom stereocenters. The lowest BCUT2D eigenvalue weighted by Gasteiger charge is -2.11. The largest absolute Gasteiger partial charge is 0.422 e. The van der Waals surface area contributed by atoms with Gasteiger partial charge in [-0.15, -0.1) is 0 Å². The number of aromatic nitrogens is 5. The monoisotopic (exact) mass is 524 g/mol. The van der Waals surface area contributed by atoms with E-state index in [0.29, 0.717) is 17.5 Å². The zero-order chi connectivity index (χ0) is 26.7. The number of hydrogen-bond donors (Lipinski definition) is 3. The fraction of sp³-hybridized carbons (Fsp3) is 0.160. The molecule has 0 radical (unpaired) electrons. The van der Waals surface area contributed by atoms with Crippen LogP contribution in [-0.4, -0.2) is 42.8 Å². The maximum atomic E-state index is 13.9. The van der Waals surface area contributed by atoms with Gasteiger partial charge in [-0.3, -0.25) is 4.79 Å². The third-order valence-corrected chi connectivity index (χ3v) is 5.61. The van der Waals surface area contributed by atoms with E-state index in [4.69, 9.17) is 9.05 Å². The Bertz CT molecular complexity index is 1510. The molecule has 10 nitrogen and oxygen atoms in total. The molecule has 5 aromatic rings. The quantitative estimate of drug-likeness (QED) is 0.274. The lowest BCUT2D eigenvalue weighted by molar-refractivity contribution is -0.137. The van der Waals surface area contributed by atoms with E-state index in [1.165, 1.54) is 42.7 Å². The van der Waals surface area contributed by atoms with E-state index < -0.39 is 41.1 Å². The van der Waals surface area contributed by atoms with Gasteiger partial charge in [0.2, 0.25) is 11.6 Å². The molecule has 0 aliphatic rings. The van der Waals surface area contributed by atoms with Crippen molar-refractivity contribution in [2.45, 2.75) is 18.7 Å². The van der Waals surface area contributed by atoms with Crippen LogP contribution in [0.2, 0.25) is 0 Å². The lowest BCUT2D eigenvalue weighted by Crippen LogP contribution is -2.31. The number of imidazole rings is 1. The molecule has 0 saturated heterocycles. The average molecular weight is 524 g/mol. The van der Waals surface area contributed by atoms with Gasteiger partial charge >= 0.3 is 6.18 Å². The smallest absolute Gasteiger partial charge is 0.378 e. The summed E-state index contributed by atoms with van der Waals surface area (Å²) in [6, 6.07) is 13.8. The highest BCUT2D eigenvalue weighted by atomic mass is 19.4. The Morgan fingerprint density at radius 1 is 1.03 bits per heavy atom. The second kappa shape index (κ2) is 10.3. The number of halogens is 3. The fourth-order valence-corrected chi connectivity index (χ4v) is 3.73. The van der Waals surface area contributed by atoms with Crippen molar-refractivity contribution in [1.29, 1.82) is 0 Å². The van der Waals surface area contributed by atoms with Gasteiger partial charge in [0.05, 0.1) is 12.0 Å². The molecule has 3 heterocycles. The van der Waals surface area contributed by atoms with E-state index in [2.05, 4.69) is 30.6 Å². The number of carbonyl (C=O) groups is 1. The number of nitrogens with one attached hydrogen (secondary N) is 2. The molecule has 1 amide bonds. The standard InChI is InChI=1S/C25H19F3N6O4/c26-25(27,28)18-19(14-4-2-1-3-5-14)33-37-21(18)24-32-22(34-38-24)16-8-6-15(7-9-16)20(35)23(36)30-11-10-17-12-29-13-31-17/h1-9,12-13,20,35H,10-11H2,(H,29,31)(H,30,36). The van der Waals surface area contributed by atoms with Crippen LogP contribution in [0.25, 0.3) is 34.3 Å². The number of rotatable bonds is 8. The highest BCUT2D eigenvalue weighted by Crippen LogP contribution is 2.43. The van der Waals surface area contributed by atoms with E-state index >= 15 is 0 Å². The molecule has 0 aliphatic carbocycles. The number of nitrogens with zero attached hydrogens (tertiary/aromatic N) is 4. The predicted molar refractivity (Wildman–Crippen MR) is 126 cm³/mol. The fourth-order valence-electron chi connectivity index (χ4n) is 3.73. The van der Waals surface area contributed by atoms with Gasteiger partial charge in [0.1, 0.15) is 11.3 Å². The van der Waals surface area contributed by atoms with Crippen molar-refractivity contribution in [3.63, 3.8) is 0 Å². The number of aromatic amines is 1. The number of alkyl halides is 3. The van der Waals surface area contributed by atoms with Crippen LogP contribution < -0.4 is 5.32 Å². The Morgan fingerprint density at radius 2 is 1.79 bits per heavy atom. The molecule has 2 aromatic carbocycles. The Balaban J connectivity index is 1.32. The van der Waals surface area contributed by atoms with Gasteiger partial charge in [-0.1, -0.05) is 64.9 Å². The van der Waals surface area contributed by atoms with Crippen molar-refractivity contribution in [2.75, 3.05) is 6.54 Å². The average Bonchev–Trinajstić information content (AvgIpc) is 3.69. The van der Waals surface area contributed by atoms with Crippen LogP contribution in [0, 0.1) is 0 Å². The molecule has 0 bridgehead atoms. The van der Waals surface area contributed by atoms with Crippen molar-refractivity contribution >= 4 is 5.91 Å². The van der Waals surface area contributed by atoms with Crippen LogP contribution in [0.3, 0.4) is 0 Å². The number of H-pyrrole nitrogens is 1. The summed E-state index contributed by atoms with van der Waals surface area (Å²) in [5.41, 5.74) is 0.147. The molecule has 0 aliphatic heterocycles. The van der Waals surface area contributed by atoms with Crippen molar-refractivity contribution in [3.05, 3.63) is 83.9 Å². The maximum Gasteiger partial charge on any atom is 0.422 e. The molecule has 0 fully saturated rings. The molecule has 3 aromatic heterocycles. The minimum Gasteiger partial charge on any atom is -0.378 e. The van der Waals surface area contributed by atoms with Gasteiger partial charge in [-0.25, -0.2) is 4.98 Å². The second-order valence-electron chi connectivity index (χ2n) is 8.15. The first-order chi connectivity index (χ1) is 18.3. The first-order valence-electron chi connectivity index (χ1n) is 11.3. The van der Waals surface area contributed by atoms with Gasteiger partial charge in [-0.05, 0) is 5.56 Å². The molecule has 3 N–H and O–H groups in total. The van der Waals surface area contributed by atoms with Crippen molar-refractivity contribution in [3.8, 4) is 34.3 Å². The minimum absolute atomic E-state index is 0.0183. The van der Waals surface area contributed by atoms with Crippen LogP contribution >= 0.6 is 0 Å². The van der Waals surface area contributed by atoms with Gasteiger partial charge in [0, 0.05) is 30.3 Å². The number of aliphatic hydroxyl groups excluding tert-OH is 1. The van der Waals surface area contributed by atoms with Crippen molar-refractivity contribution in [1.82, 2.24) is 30.6 Å². The minimum atomic E-state index is -4.80. The summed E-state index contributed by atoms with van der Waals surface area (Å²) in [5.74, 6) is -1.80. The zero-order valence-corrected chi connectivity index (χ0v) is 19.4. The first-order valence-corrected chi connectivity index (χ1v) is 11.3. The van der Waals surface area contributed by atoms with E-state index in [1.807, 2.05) is 0 Å². The summed E-state index contributed by atoms with van der Waals surface area (Å²) in [7, 11) is 0. The highest BCUT2D eigenvalue weighted by Gasteiger charge is 2.43. The number of amides is 1. The van der Waals surface area contributed by atoms with Gasteiger partial charge in [0.15, 0.2) is 6.10 Å². The predicted octanol–water partition coefficient (Wildman–Crippen LogP) is 4.19. The molecule has 194 valence electrons.